The average molecular weight is 157 g/mol. The van der Waals surface area contributed by atoms with Gasteiger partial charge in [0.1, 0.15) is 6.61 Å². The van der Waals surface area contributed by atoms with Gasteiger partial charge in [-0.3, -0.25) is 0 Å². The second-order valence-electron chi connectivity index (χ2n) is 2.39. The number of hydrogen-bond donors (Lipinski definition) is 1. The Morgan fingerprint density at radius 3 is 2.73 bits per heavy atom. The zero-order valence-electron chi connectivity index (χ0n) is 6.57. The second-order valence-corrected chi connectivity index (χ2v) is 2.39. The summed E-state index contributed by atoms with van der Waals surface area (Å²) in [5.74, 6) is 0.413. The number of nitrogen functional groups attached to an aromatic ring is 1. The highest BCUT2D eigenvalue weighted by molar-refractivity contribution is 5.04. The summed E-state index contributed by atoms with van der Waals surface area (Å²) in [7, 11) is 0. The maximum Gasteiger partial charge on any atom is 0.312 e. The first-order chi connectivity index (χ1) is 5.18. The van der Waals surface area contributed by atoms with E-state index in [1.807, 2.05) is 13.8 Å². The van der Waals surface area contributed by atoms with Gasteiger partial charge in [-0.1, -0.05) is 5.10 Å². The van der Waals surface area contributed by atoms with E-state index in [1.54, 1.807) is 0 Å². The molecule has 0 radical (unpaired) electrons. The Morgan fingerprint density at radius 2 is 2.27 bits per heavy atom. The molecule has 0 aliphatic carbocycles. The van der Waals surface area contributed by atoms with Crippen LogP contribution in [0.25, 0.3) is 0 Å². The smallest absolute Gasteiger partial charge is 0.312 e. The molecule has 0 bridgehead atoms. The highest BCUT2D eigenvalue weighted by Crippen LogP contribution is 2.03. The third-order valence-corrected chi connectivity index (χ3v) is 1.02. The van der Waals surface area contributed by atoms with Crippen molar-refractivity contribution >= 4 is 6.01 Å². The number of rotatable bonds is 3. The van der Waals surface area contributed by atoms with Crippen LogP contribution in [0.2, 0.25) is 0 Å². The van der Waals surface area contributed by atoms with Crippen LogP contribution in [0.3, 0.4) is 0 Å². The minimum absolute atomic E-state index is 0.0763. The maximum absolute atomic E-state index is 5.19. The number of nitrogens with two attached hydrogens (primary N) is 1. The highest BCUT2D eigenvalue weighted by Gasteiger charge is 2.02. The first kappa shape index (κ1) is 8.00. The van der Waals surface area contributed by atoms with E-state index in [0.29, 0.717) is 12.5 Å². The highest BCUT2D eigenvalue weighted by atomic mass is 16.5. The molecule has 0 saturated heterocycles. The van der Waals surface area contributed by atoms with Gasteiger partial charge in [0.2, 0.25) is 5.89 Å². The van der Waals surface area contributed by atoms with Crippen LogP contribution < -0.4 is 5.73 Å². The van der Waals surface area contributed by atoms with Crippen molar-refractivity contribution in [2.45, 2.75) is 26.6 Å². The minimum Gasteiger partial charge on any atom is -0.406 e. The molecule has 0 spiro atoms. The molecule has 2 N–H and O–H groups in total. The van der Waals surface area contributed by atoms with Crippen molar-refractivity contribution in [1.29, 1.82) is 0 Å². The largest absolute Gasteiger partial charge is 0.406 e. The quantitative estimate of drug-likeness (QED) is 0.694. The lowest BCUT2D eigenvalue weighted by atomic mass is 10.5. The van der Waals surface area contributed by atoms with Crippen LogP contribution in [0.4, 0.5) is 6.01 Å². The predicted molar refractivity (Wildman–Crippen MR) is 38.6 cm³/mol. The summed E-state index contributed by atoms with van der Waals surface area (Å²) in [6, 6.07) is 0.0763. The van der Waals surface area contributed by atoms with Gasteiger partial charge < -0.3 is 14.9 Å². The molecule has 0 unspecified atom stereocenters. The molecule has 1 heterocycles. The molecule has 5 heteroatoms. The van der Waals surface area contributed by atoms with Crippen molar-refractivity contribution in [3.05, 3.63) is 5.89 Å². The van der Waals surface area contributed by atoms with Gasteiger partial charge >= 0.3 is 6.01 Å². The standard InChI is InChI=1S/C6H11N3O2/c1-4(2)10-3-5-8-9-6(7)11-5/h4H,3H2,1-2H3,(H2,7,9). The van der Waals surface area contributed by atoms with E-state index >= 15 is 0 Å². The summed E-state index contributed by atoms with van der Waals surface area (Å²) >= 11 is 0. The Hall–Kier alpha value is -1.10. The predicted octanol–water partition coefficient (Wildman–Crippen LogP) is 0.577. The van der Waals surface area contributed by atoms with Crippen LogP contribution in [0.1, 0.15) is 19.7 Å². The molecule has 62 valence electrons. The molecule has 0 amide bonds. The topological polar surface area (TPSA) is 74.2 Å². The first-order valence-corrected chi connectivity index (χ1v) is 3.38. The molecule has 11 heavy (non-hydrogen) atoms. The molecule has 1 aromatic rings. The number of nitrogens with zero attached hydrogens (tertiary/aromatic N) is 2. The lowest BCUT2D eigenvalue weighted by molar-refractivity contribution is 0.0520. The van der Waals surface area contributed by atoms with Crippen LogP contribution in [0.5, 0.6) is 0 Å². The van der Waals surface area contributed by atoms with Gasteiger partial charge in [-0.2, -0.15) is 0 Å². The third kappa shape index (κ3) is 2.55. The number of hydrogen-bond acceptors (Lipinski definition) is 5. The summed E-state index contributed by atoms with van der Waals surface area (Å²) < 4.78 is 10.1. The molecule has 0 aliphatic rings. The number of anilines is 1. The molecule has 0 aliphatic heterocycles. The fourth-order valence-electron chi connectivity index (χ4n) is 0.563. The first-order valence-electron chi connectivity index (χ1n) is 3.38. The summed E-state index contributed by atoms with van der Waals surface area (Å²) in [4.78, 5) is 0. The van der Waals surface area contributed by atoms with Crippen LogP contribution in [-0.2, 0) is 11.3 Å². The van der Waals surface area contributed by atoms with Crippen LogP contribution in [0, 0.1) is 0 Å². The molecule has 0 aromatic carbocycles. The SMILES string of the molecule is CC(C)OCc1nnc(N)o1. The Bertz CT molecular complexity index is 221. The van der Waals surface area contributed by atoms with Gasteiger partial charge in [0.15, 0.2) is 0 Å². The number of ether oxygens (including phenoxy) is 1. The van der Waals surface area contributed by atoms with Gasteiger partial charge in [-0.05, 0) is 13.8 Å². The van der Waals surface area contributed by atoms with Crippen molar-refractivity contribution in [3.8, 4) is 0 Å². The van der Waals surface area contributed by atoms with Crippen molar-refractivity contribution in [2.75, 3.05) is 5.73 Å². The van der Waals surface area contributed by atoms with Gasteiger partial charge in [0, 0.05) is 0 Å². The van der Waals surface area contributed by atoms with E-state index in [0.717, 1.165) is 0 Å². The van der Waals surface area contributed by atoms with Gasteiger partial charge in [-0.25, -0.2) is 0 Å². The Balaban J connectivity index is 2.39. The van der Waals surface area contributed by atoms with E-state index in [4.69, 9.17) is 14.9 Å². The van der Waals surface area contributed by atoms with Crippen LogP contribution in [-0.4, -0.2) is 16.3 Å². The van der Waals surface area contributed by atoms with Crippen molar-refractivity contribution in [3.63, 3.8) is 0 Å². The van der Waals surface area contributed by atoms with Crippen molar-refractivity contribution in [2.24, 2.45) is 0 Å². The number of aromatic nitrogens is 2. The Morgan fingerprint density at radius 1 is 1.55 bits per heavy atom. The molecule has 5 nitrogen and oxygen atoms in total. The molecule has 1 aromatic heterocycles. The molecule has 1 rings (SSSR count). The zero-order valence-corrected chi connectivity index (χ0v) is 6.57. The van der Waals surface area contributed by atoms with Crippen molar-refractivity contribution < 1.29 is 9.15 Å². The van der Waals surface area contributed by atoms with Crippen molar-refractivity contribution in [1.82, 2.24) is 10.2 Å². The van der Waals surface area contributed by atoms with Gasteiger partial charge in [0.25, 0.3) is 0 Å². The third-order valence-electron chi connectivity index (χ3n) is 1.02. The summed E-state index contributed by atoms with van der Waals surface area (Å²) in [5, 5.41) is 7.10. The normalized spacial score (nSPS) is 10.8. The Labute approximate surface area is 64.5 Å². The summed E-state index contributed by atoms with van der Waals surface area (Å²) in [6.45, 7) is 4.18. The van der Waals surface area contributed by atoms with E-state index < -0.39 is 0 Å². The van der Waals surface area contributed by atoms with Crippen LogP contribution >= 0.6 is 0 Å². The van der Waals surface area contributed by atoms with Gasteiger partial charge in [-0.15, -0.1) is 5.10 Å². The monoisotopic (exact) mass is 157 g/mol. The zero-order chi connectivity index (χ0) is 8.27. The van der Waals surface area contributed by atoms with Crippen LogP contribution in [0.15, 0.2) is 4.42 Å². The average Bonchev–Trinajstić information content (AvgIpc) is 2.31. The van der Waals surface area contributed by atoms with E-state index in [2.05, 4.69) is 10.2 Å². The van der Waals surface area contributed by atoms with E-state index in [-0.39, 0.29) is 12.1 Å². The van der Waals surface area contributed by atoms with E-state index in [1.165, 1.54) is 0 Å². The minimum atomic E-state index is 0.0763. The molecule has 0 saturated carbocycles. The fourth-order valence-corrected chi connectivity index (χ4v) is 0.563. The maximum atomic E-state index is 5.19. The van der Waals surface area contributed by atoms with Gasteiger partial charge in [0.05, 0.1) is 6.10 Å². The molecule has 0 atom stereocenters. The summed E-state index contributed by atoms with van der Waals surface area (Å²) in [6.07, 6.45) is 0.156. The lowest BCUT2D eigenvalue weighted by Crippen LogP contribution is -2.02. The second kappa shape index (κ2) is 3.34. The molecule has 0 fully saturated rings. The molecular weight excluding hydrogens is 146 g/mol. The lowest BCUT2D eigenvalue weighted by Gasteiger charge is -2.02. The van der Waals surface area contributed by atoms with E-state index in [9.17, 15) is 0 Å². The molecular formula is C6H11N3O2. The summed E-state index contributed by atoms with van der Waals surface area (Å²) in [5.41, 5.74) is 5.19. The fraction of sp³-hybridized carbons (Fsp3) is 0.667. The Kier molecular flexibility index (Phi) is 2.43.